The Morgan fingerprint density at radius 1 is 1.03 bits per heavy atom. The van der Waals surface area contributed by atoms with Gasteiger partial charge in [-0.3, -0.25) is 14.9 Å². The van der Waals surface area contributed by atoms with Crippen LogP contribution in [-0.2, 0) is 20.9 Å². The second-order valence-corrected chi connectivity index (χ2v) is 12.2. The quantitative estimate of drug-likeness (QED) is 0.576. The van der Waals surface area contributed by atoms with E-state index in [1.165, 1.54) is 24.2 Å². The number of amides is 2. The van der Waals surface area contributed by atoms with Gasteiger partial charge in [0.05, 0.1) is 18.6 Å². The number of rotatable bonds is 4. The van der Waals surface area contributed by atoms with E-state index in [0.29, 0.717) is 26.3 Å². The fourth-order valence-corrected chi connectivity index (χ4v) is 7.20. The Morgan fingerprint density at radius 3 is 2.24 bits per heavy atom. The molecule has 37 heavy (non-hydrogen) atoms. The summed E-state index contributed by atoms with van der Waals surface area (Å²) in [6.07, 6.45) is 7.02. The molecule has 204 valence electrons. The van der Waals surface area contributed by atoms with Gasteiger partial charge in [-0.2, -0.15) is 0 Å². The number of benzene rings is 1. The number of nitrogens with zero attached hydrogens (tertiary/aromatic N) is 2. The number of piperidine rings is 1. The van der Waals surface area contributed by atoms with Crippen molar-refractivity contribution in [3.63, 3.8) is 0 Å². The molecular weight excluding hydrogens is 493 g/mol. The molecule has 8 heteroatoms. The fraction of sp³-hybridized carbons (Fsp3) is 0.724. The summed E-state index contributed by atoms with van der Waals surface area (Å²) in [6, 6.07) is 7.38. The lowest BCUT2D eigenvalue weighted by atomic mass is 9.68. The molecule has 1 aromatic rings. The molecule has 4 unspecified atom stereocenters. The Kier molecular flexibility index (Phi) is 8.42. The maximum absolute atomic E-state index is 16.7. The van der Waals surface area contributed by atoms with Crippen molar-refractivity contribution in [1.82, 2.24) is 15.1 Å². The summed E-state index contributed by atoms with van der Waals surface area (Å²) in [5.74, 6) is -0.392. The standard InChI is InChI=1S/C29H41ClFN3O3/c1-20-9-11-21(12-10-20)16-33-24(35)17-34(28(36)25(33)22-18-37-19-22)27-26(31)29(23(30)15-32-27)13-7-5-3-2-4-6-8-14-29/h9-12,22-23,25-27,32H,2-8,13-19H2,1H3. The van der Waals surface area contributed by atoms with Gasteiger partial charge in [-0.25, -0.2) is 4.39 Å². The molecule has 6 nitrogen and oxygen atoms in total. The monoisotopic (exact) mass is 533 g/mol. The molecule has 3 aliphatic heterocycles. The van der Waals surface area contributed by atoms with E-state index in [9.17, 15) is 9.59 Å². The zero-order valence-corrected chi connectivity index (χ0v) is 22.7. The van der Waals surface area contributed by atoms with Crippen LogP contribution in [-0.4, -0.2) is 71.7 Å². The van der Waals surface area contributed by atoms with Crippen molar-refractivity contribution in [2.24, 2.45) is 11.3 Å². The van der Waals surface area contributed by atoms with E-state index in [4.69, 9.17) is 16.3 Å². The largest absolute Gasteiger partial charge is 0.380 e. The maximum Gasteiger partial charge on any atom is 0.247 e. The second-order valence-electron chi connectivity index (χ2n) is 11.6. The Bertz CT molecular complexity index is 946. The first-order chi connectivity index (χ1) is 17.9. The molecule has 3 heterocycles. The molecule has 4 fully saturated rings. The number of alkyl halides is 2. The molecule has 1 saturated carbocycles. The van der Waals surface area contributed by atoms with Crippen molar-refractivity contribution >= 4 is 23.4 Å². The van der Waals surface area contributed by atoms with Gasteiger partial charge < -0.3 is 14.5 Å². The number of carbonyl (C=O) groups excluding carboxylic acids is 2. The number of ether oxygens (including phenoxy) is 1. The summed E-state index contributed by atoms with van der Waals surface area (Å²) in [4.78, 5) is 30.8. The molecule has 1 aromatic carbocycles. The minimum atomic E-state index is -1.32. The van der Waals surface area contributed by atoms with Gasteiger partial charge in [0.25, 0.3) is 0 Å². The first-order valence-electron chi connectivity index (χ1n) is 14.2. The third-order valence-corrected chi connectivity index (χ3v) is 9.75. The summed E-state index contributed by atoms with van der Waals surface area (Å²) in [5.41, 5.74) is 1.45. The van der Waals surface area contributed by atoms with Gasteiger partial charge in [0.15, 0.2) is 0 Å². The van der Waals surface area contributed by atoms with Crippen molar-refractivity contribution < 1.29 is 18.7 Å². The maximum atomic E-state index is 16.7. The summed E-state index contributed by atoms with van der Waals surface area (Å²) in [7, 11) is 0. The average Bonchev–Trinajstić information content (AvgIpc) is 2.86. The second kappa shape index (κ2) is 11.6. The number of aryl methyl sites for hydroxylation is 1. The SMILES string of the molecule is Cc1ccc(CN2C(=O)CN(C3NCC(Cl)C4(CCCCCCCCC4)C3F)C(=O)C2C2COC2)cc1. The summed E-state index contributed by atoms with van der Waals surface area (Å²) in [5, 5.41) is 2.91. The molecule has 3 saturated heterocycles. The molecule has 5 rings (SSSR count). The van der Waals surface area contributed by atoms with Crippen LogP contribution in [0.3, 0.4) is 0 Å². The normalized spacial score (nSPS) is 31.9. The molecule has 0 bridgehead atoms. The molecule has 1 spiro atoms. The van der Waals surface area contributed by atoms with Gasteiger partial charge in [0.1, 0.15) is 24.9 Å². The molecule has 0 radical (unpaired) electrons. The molecule has 2 amide bonds. The predicted molar refractivity (Wildman–Crippen MR) is 142 cm³/mol. The van der Waals surface area contributed by atoms with Crippen LogP contribution < -0.4 is 5.32 Å². The predicted octanol–water partition coefficient (Wildman–Crippen LogP) is 4.57. The van der Waals surface area contributed by atoms with Gasteiger partial charge in [-0.05, 0) is 25.3 Å². The number of carbonyl (C=O) groups is 2. The highest BCUT2D eigenvalue weighted by molar-refractivity contribution is 6.21. The van der Waals surface area contributed by atoms with Crippen LogP contribution in [0, 0.1) is 18.3 Å². The van der Waals surface area contributed by atoms with E-state index in [1.54, 1.807) is 4.90 Å². The number of nitrogens with one attached hydrogen (secondary N) is 1. The van der Waals surface area contributed by atoms with Crippen LogP contribution in [0.15, 0.2) is 24.3 Å². The molecule has 1 aliphatic carbocycles. The van der Waals surface area contributed by atoms with E-state index in [0.717, 1.165) is 49.7 Å². The smallest absolute Gasteiger partial charge is 0.247 e. The van der Waals surface area contributed by atoms with Crippen molar-refractivity contribution in [2.75, 3.05) is 26.3 Å². The van der Waals surface area contributed by atoms with Crippen LogP contribution in [0.2, 0.25) is 0 Å². The third kappa shape index (κ3) is 5.41. The highest BCUT2D eigenvalue weighted by atomic mass is 35.5. The number of hydrogen-bond acceptors (Lipinski definition) is 4. The van der Waals surface area contributed by atoms with E-state index in [-0.39, 0.29) is 29.7 Å². The zero-order valence-electron chi connectivity index (χ0n) is 22.0. The summed E-state index contributed by atoms with van der Waals surface area (Å²) >= 11 is 6.87. The minimum Gasteiger partial charge on any atom is -0.380 e. The lowest BCUT2D eigenvalue weighted by molar-refractivity contribution is -0.175. The molecule has 1 N–H and O–H groups in total. The van der Waals surface area contributed by atoms with Crippen molar-refractivity contribution in [1.29, 1.82) is 0 Å². The zero-order chi connectivity index (χ0) is 26.0. The average molecular weight is 534 g/mol. The number of piperazine rings is 1. The van der Waals surface area contributed by atoms with Crippen molar-refractivity contribution in [3.8, 4) is 0 Å². The van der Waals surface area contributed by atoms with Crippen LogP contribution in [0.25, 0.3) is 0 Å². The van der Waals surface area contributed by atoms with Crippen molar-refractivity contribution in [2.45, 2.75) is 95.0 Å². The first kappa shape index (κ1) is 26.9. The topological polar surface area (TPSA) is 61.9 Å². The molecule has 4 aliphatic rings. The molecule has 4 atom stereocenters. The minimum absolute atomic E-state index is 0.0743. The van der Waals surface area contributed by atoms with Crippen LogP contribution in [0.4, 0.5) is 4.39 Å². The lowest BCUT2D eigenvalue weighted by Gasteiger charge is -2.54. The van der Waals surface area contributed by atoms with E-state index >= 15 is 4.39 Å². The highest BCUT2D eigenvalue weighted by Crippen LogP contribution is 2.47. The third-order valence-electron chi connectivity index (χ3n) is 9.16. The van der Waals surface area contributed by atoms with Gasteiger partial charge in [-0.1, -0.05) is 74.8 Å². The van der Waals surface area contributed by atoms with Crippen LogP contribution in [0.5, 0.6) is 0 Å². The summed E-state index contributed by atoms with van der Waals surface area (Å²) < 4.78 is 22.1. The summed E-state index contributed by atoms with van der Waals surface area (Å²) in [6.45, 7) is 3.59. The van der Waals surface area contributed by atoms with Gasteiger partial charge in [0, 0.05) is 24.4 Å². The van der Waals surface area contributed by atoms with Gasteiger partial charge in [-0.15, -0.1) is 11.6 Å². The van der Waals surface area contributed by atoms with Gasteiger partial charge >= 0.3 is 0 Å². The first-order valence-corrected chi connectivity index (χ1v) is 14.6. The van der Waals surface area contributed by atoms with Crippen LogP contribution >= 0.6 is 11.6 Å². The highest BCUT2D eigenvalue weighted by Gasteiger charge is 2.56. The lowest BCUT2D eigenvalue weighted by Crippen LogP contribution is -2.73. The fourth-order valence-electron chi connectivity index (χ4n) is 6.77. The van der Waals surface area contributed by atoms with E-state index in [1.807, 2.05) is 31.2 Å². The molecular formula is C29H41ClFN3O3. The van der Waals surface area contributed by atoms with Crippen LogP contribution in [0.1, 0.15) is 68.9 Å². The Morgan fingerprint density at radius 2 is 1.65 bits per heavy atom. The van der Waals surface area contributed by atoms with Gasteiger partial charge in [0.2, 0.25) is 11.8 Å². The Balaban J connectivity index is 1.38. The van der Waals surface area contributed by atoms with Crippen molar-refractivity contribution in [3.05, 3.63) is 35.4 Å². The Hall–Kier alpha value is -1.70. The molecule has 0 aromatic heterocycles. The number of halogens is 2. The Labute approximate surface area is 225 Å². The van der Waals surface area contributed by atoms with E-state index < -0.39 is 23.8 Å². The number of hydrogen-bond donors (Lipinski definition) is 1. The van der Waals surface area contributed by atoms with E-state index in [2.05, 4.69) is 5.32 Å².